The smallest absolute Gasteiger partial charge is 0.188 e. The lowest BCUT2D eigenvalue weighted by Gasteiger charge is -2.17. The first kappa shape index (κ1) is 20.0. The second kappa shape index (κ2) is 11.3. The van der Waals surface area contributed by atoms with Crippen LogP contribution in [0.5, 0.6) is 11.5 Å². The normalized spacial score (nSPS) is 10.2. The standard InChI is InChI=1S/C19H23N3O3S/c1-15-17(13-26-16-7-4-3-5-8-16)19(24-12-6-11-21-22-20)10-9-18(15)25-14-23-2/h3-5,7-10H,6,11-14H2,1-2H3. The van der Waals surface area contributed by atoms with E-state index < -0.39 is 0 Å². The van der Waals surface area contributed by atoms with Gasteiger partial charge in [0.15, 0.2) is 6.79 Å². The zero-order chi connectivity index (χ0) is 18.6. The lowest BCUT2D eigenvalue weighted by Crippen LogP contribution is -2.05. The minimum absolute atomic E-state index is 0.207. The molecule has 0 saturated carbocycles. The Bertz CT molecular complexity index is 734. The van der Waals surface area contributed by atoms with Crippen LogP contribution in [0, 0.1) is 6.92 Å². The molecule has 0 aliphatic heterocycles. The van der Waals surface area contributed by atoms with Crippen LogP contribution < -0.4 is 9.47 Å². The van der Waals surface area contributed by atoms with Crippen LogP contribution in [-0.2, 0) is 10.5 Å². The van der Waals surface area contributed by atoms with E-state index in [1.54, 1.807) is 18.9 Å². The summed E-state index contributed by atoms with van der Waals surface area (Å²) < 4.78 is 16.6. The maximum atomic E-state index is 8.33. The van der Waals surface area contributed by atoms with Gasteiger partial charge in [0.25, 0.3) is 0 Å². The Morgan fingerprint density at radius 1 is 1.08 bits per heavy atom. The van der Waals surface area contributed by atoms with Crippen molar-refractivity contribution in [2.45, 2.75) is 24.0 Å². The molecule has 2 aromatic carbocycles. The molecule has 0 heterocycles. The molecular weight excluding hydrogens is 350 g/mol. The summed E-state index contributed by atoms with van der Waals surface area (Å²) in [5.41, 5.74) is 10.5. The molecule has 138 valence electrons. The molecule has 0 bridgehead atoms. The van der Waals surface area contributed by atoms with Crippen LogP contribution in [0.2, 0.25) is 0 Å². The molecule has 7 heteroatoms. The van der Waals surface area contributed by atoms with Gasteiger partial charge < -0.3 is 14.2 Å². The van der Waals surface area contributed by atoms with E-state index in [-0.39, 0.29) is 6.79 Å². The molecule has 0 N–H and O–H groups in total. The third kappa shape index (κ3) is 6.19. The molecule has 26 heavy (non-hydrogen) atoms. The molecule has 0 atom stereocenters. The summed E-state index contributed by atoms with van der Waals surface area (Å²) in [7, 11) is 1.60. The van der Waals surface area contributed by atoms with Crippen LogP contribution in [0.4, 0.5) is 0 Å². The van der Waals surface area contributed by atoms with Gasteiger partial charge in [-0.3, -0.25) is 0 Å². The Labute approximate surface area is 158 Å². The van der Waals surface area contributed by atoms with Gasteiger partial charge >= 0.3 is 0 Å². The Hall–Kier alpha value is -2.34. The monoisotopic (exact) mass is 373 g/mol. The molecule has 0 radical (unpaired) electrons. The van der Waals surface area contributed by atoms with E-state index in [9.17, 15) is 0 Å². The van der Waals surface area contributed by atoms with Crippen molar-refractivity contribution in [3.63, 3.8) is 0 Å². The molecule has 2 rings (SSSR count). The summed E-state index contributed by atoms with van der Waals surface area (Å²) in [6, 6.07) is 14.1. The molecule has 0 amide bonds. The van der Waals surface area contributed by atoms with Crippen molar-refractivity contribution >= 4 is 11.8 Å². The van der Waals surface area contributed by atoms with Crippen LogP contribution in [-0.4, -0.2) is 27.1 Å². The summed E-state index contributed by atoms with van der Waals surface area (Å²) in [4.78, 5) is 3.95. The van der Waals surface area contributed by atoms with Crippen LogP contribution in [0.3, 0.4) is 0 Å². The Kier molecular flexibility index (Phi) is 8.69. The topological polar surface area (TPSA) is 76.5 Å². The fourth-order valence-electron chi connectivity index (χ4n) is 2.34. The highest BCUT2D eigenvalue weighted by Gasteiger charge is 2.13. The lowest BCUT2D eigenvalue weighted by molar-refractivity contribution is 0.0505. The summed E-state index contributed by atoms with van der Waals surface area (Å²) >= 11 is 1.75. The number of hydrogen-bond donors (Lipinski definition) is 0. The van der Waals surface area contributed by atoms with Crippen LogP contribution in [0.1, 0.15) is 17.5 Å². The molecule has 2 aromatic rings. The summed E-state index contributed by atoms with van der Waals surface area (Å²) in [5, 5.41) is 3.53. The van der Waals surface area contributed by atoms with Crippen molar-refractivity contribution in [2.24, 2.45) is 5.11 Å². The maximum Gasteiger partial charge on any atom is 0.188 e. The van der Waals surface area contributed by atoms with Crippen molar-refractivity contribution < 1.29 is 14.2 Å². The van der Waals surface area contributed by atoms with Crippen molar-refractivity contribution in [3.05, 3.63) is 64.0 Å². The van der Waals surface area contributed by atoms with Gasteiger partial charge in [0, 0.05) is 34.8 Å². The van der Waals surface area contributed by atoms with E-state index in [1.165, 1.54) is 4.90 Å². The summed E-state index contributed by atoms with van der Waals surface area (Å²) in [6.07, 6.45) is 0.677. The first-order valence-electron chi connectivity index (χ1n) is 8.32. The van der Waals surface area contributed by atoms with Gasteiger partial charge in [0.05, 0.1) is 6.61 Å². The minimum Gasteiger partial charge on any atom is -0.493 e. The highest BCUT2D eigenvalue weighted by atomic mass is 32.2. The number of hydrogen-bond acceptors (Lipinski definition) is 5. The Morgan fingerprint density at radius 3 is 2.58 bits per heavy atom. The fraction of sp³-hybridized carbons (Fsp3) is 0.368. The fourth-order valence-corrected chi connectivity index (χ4v) is 3.36. The van der Waals surface area contributed by atoms with Gasteiger partial charge in [0.1, 0.15) is 11.5 Å². The van der Waals surface area contributed by atoms with E-state index in [2.05, 4.69) is 22.2 Å². The van der Waals surface area contributed by atoms with Crippen LogP contribution in [0.15, 0.2) is 52.5 Å². The summed E-state index contributed by atoms with van der Waals surface area (Å²) in [5.74, 6) is 2.39. The number of ether oxygens (including phenoxy) is 3. The largest absolute Gasteiger partial charge is 0.493 e. The van der Waals surface area contributed by atoms with Crippen molar-refractivity contribution in [2.75, 3.05) is 27.1 Å². The van der Waals surface area contributed by atoms with E-state index in [0.29, 0.717) is 19.6 Å². The second-order valence-electron chi connectivity index (χ2n) is 5.47. The molecule has 0 aliphatic carbocycles. The molecule has 6 nitrogen and oxygen atoms in total. The van der Waals surface area contributed by atoms with Crippen molar-refractivity contribution in [3.8, 4) is 11.5 Å². The Balaban J connectivity index is 2.13. The average Bonchev–Trinajstić information content (AvgIpc) is 2.67. The van der Waals surface area contributed by atoms with Gasteiger partial charge in [-0.05, 0) is 48.7 Å². The van der Waals surface area contributed by atoms with Gasteiger partial charge in [-0.15, -0.1) is 11.8 Å². The van der Waals surface area contributed by atoms with Gasteiger partial charge in [0.2, 0.25) is 0 Å². The van der Waals surface area contributed by atoms with E-state index in [1.807, 2.05) is 37.3 Å². The van der Waals surface area contributed by atoms with Gasteiger partial charge in [-0.25, -0.2) is 0 Å². The number of rotatable bonds is 11. The molecule has 0 saturated heterocycles. The highest BCUT2D eigenvalue weighted by molar-refractivity contribution is 7.98. The first-order valence-corrected chi connectivity index (χ1v) is 9.30. The molecule has 0 spiro atoms. The van der Waals surface area contributed by atoms with E-state index >= 15 is 0 Å². The predicted octanol–water partition coefficient (Wildman–Crippen LogP) is 5.35. The molecule has 0 aromatic heterocycles. The van der Waals surface area contributed by atoms with Gasteiger partial charge in [-0.2, -0.15) is 0 Å². The number of azide groups is 1. The molecule has 0 aliphatic rings. The number of benzene rings is 2. The molecule has 0 fully saturated rings. The van der Waals surface area contributed by atoms with Crippen LogP contribution >= 0.6 is 11.8 Å². The quantitative estimate of drug-likeness (QED) is 0.133. The number of thioether (sulfide) groups is 1. The zero-order valence-corrected chi connectivity index (χ0v) is 15.9. The SMILES string of the molecule is COCOc1ccc(OCCCN=[N+]=[N-])c(CSc2ccccc2)c1C. The predicted molar refractivity (Wildman–Crippen MR) is 104 cm³/mol. The summed E-state index contributed by atoms with van der Waals surface area (Å²) in [6.45, 7) is 3.16. The number of nitrogens with zero attached hydrogens (tertiary/aromatic N) is 3. The lowest BCUT2D eigenvalue weighted by atomic mass is 10.1. The van der Waals surface area contributed by atoms with Crippen molar-refractivity contribution in [1.29, 1.82) is 0 Å². The maximum absolute atomic E-state index is 8.33. The van der Waals surface area contributed by atoms with E-state index in [4.69, 9.17) is 19.7 Å². The number of methoxy groups -OCH3 is 1. The first-order chi connectivity index (χ1) is 12.8. The third-order valence-electron chi connectivity index (χ3n) is 3.69. The highest BCUT2D eigenvalue weighted by Crippen LogP contribution is 2.35. The third-order valence-corrected chi connectivity index (χ3v) is 4.73. The molecular formula is C19H23N3O3S. The average molecular weight is 373 g/mol. The van der Waals surface area contributed by atoms with Crippen molar-refractivity contribution in [1.82, 2.24) is 0 Å². The second-order valence-corrected chi connectivity index (χ2v) is 6.52. The van der Waals surface area contributed by atoms with E-state index in [0.717, 1.165) is 28.4 Å². The van der Waals surface area contributed by atoms with Crippen LogP contribution in [0.25, 0.3) is 10.4 Å². The Morgan fingerprint density at radius 2 is 1.85 bits per heavy atom. The molecule has 0 unspecified atom stereocenters. The zero-order valence-electron chi connectivity index (χ0n) is 15.1. The minimum atomic E-state index is 0.207. The van der Waals surface area contributed by atoms with Gasteiger partial charge in [-0.1, -0.05) is 23.3 Å².